The molecule has 7 nitrogen and oxygen atoms in total. The molecule has 0 aliphatic carbocycles. The topological polar surface area (TPSA) is 80.8 Å². The Bertz CT molecular complexity index is 804. The van der Waals surface area contributed by atoms with E-state index < -0.39 is 0 Å². The average Bonchev–Trinajstić information content (AvgIpc) is 3.04. The van der Waals surface area contributed by atoms with Crippen LogP contribution in [-0.2, 0) is 4.79 Å². The van der Waals surface area contributed by atoms with Gasteiger partial charge in [-0.1, -0.05) is 13.8 Å². The molecule has 0 saturated carbocycles. The first-order valence-electron chi connectivity index (χ1n) is 8.57. The van der Waals surface area contributed by atoms with Crippen LogP contribution >= 0.6 is 11.3 Å². The number of carbonyl (C=O) groups excluding carboxylic acids is 2. The van der Waals surface area contributed by atoms with Crippen molar-refractivity contribution in [3.63, 3.8) is 0 Å². The number of rotatable bonds is 8. The zero-order valence-corrected chi connectivity index (χ0v) is 17.1. The normalized spacial score (nSPS) is 10.6. The van der Waals surface area contributed by atoms with Crippen LogP contribution in [0.5, 0.6) is 11.5 Å². The Morgan fingerprint density at radius 2 is 2.00 bits per heavy atom. The van der Waals surface area contributed by atoms with Crippen molar-refractivity contribution in [2.24, 2.45) is 5.92 Å². The number of ether oxygens (including phenoxy) is 2. The van der Waals surface area contributed by atoms with Gasteiger partial charge in [-0.15, -0.1) is 11.3 Å². The molecule has 0 aliphatic heterocycles. The Labute approximate surface area is 163 Å². The molecule has 1 aromatic heterocycles. The number of anilines is 1. The van der Waals surface area contributed by atoms with Gasteiger partial charge in [0.1, 0.15) is 18.0 Å². The van der Waals surface area contributed by atoms with E-state index in [1.807, 2.05) is 20.8 Å². The lowest BCUT2D eigenvalue weighted by Gasteiger charge is -2.25. The molecule has 2 rings (SSSR count). The number of benzene rings is 1. The number of hydrogen-bond acceptors (Lipinski definition) is 6. The zero-order chi connectivity index (χ0) is 20.0. The lowest BCUT2D eigenvalue weighted by molar-refractivity contribution is -0.117. The highest BCUT2D eigenvalue weighted by atomic mass is 32.1. The molecule has 2 amide bonds. The SMILES string of the molecule is COc1ccc(C(=O)N(CC(=O)Nc2ncc(C)s2)CC(C)C)c(OC)c1. The van der Waals surface area contributed by atoms with Crippen molar-refractivity contribution >= 4 is 28.3 Å². The smallest absolute Gasteiger partial charge is 0.258 e. The van der Waals surface area contributed by atoms with Gasteiger partial charge in [-0.2, -0.15) is 0 Å². The van der Waals surface area contributed by atoms with Crippen LogP contribution in [0.4, 0.5) is 5.13 Å². The molecule has 27 heavy (non-hydrogen) atoms. The molecule has 1 N–H and O–H groups in total. The van der Waals surface area contributed by atoms with Crippen molar-refractivity contribution in [1.29, 1.82) is 0 Å². The standard InChI is InChI=1S/C19H25N3O4S/c1-12(2)10-22(11-17(23)21-19-20-9-13(3)27-19)18(24)15-7-6-14(25-4)8-16(15)26-5/h6-9,12H,10-11H2,1-5H3,(H,20,21,23). The van der Waals surface area contributed by atoms with E-state index in [-0.39, 0.29) is 24.3 Å². The molecule has 1 aromatic carbocycles. The van der Waals surface area contributed by atoms with Crippen LogP contribution in [0, 0.1) is 12.8 Å². The molecule has 0 bridgehead atoms. The molecular formula is C19H25N3O4S. The number of nitrogens with zero attached hydrogens (tertiary/aromatic N) is 2. The fraction of sp³-hybridized carbons (Fsp3) is 0.421. The minimum atomic E-state index is -0.286. The van der Waals surface area contributed by atoms with E-state index in [4.69, 9.17) is 9.47 Å². The Kier molecular flexibility index (Phi) is 7.18. The van der Waals surface area contributed by atoms with E-state index in [1.165, 1.54) is 23.3 Å². The van der Waals surface area contributed by atoms with Gasteiger partial charge in [-0.25, -0.2) is 4.98 Å². The zero-order valence-electron chi connectivity index (χ0n) is 16.2. The molecule has 8 heteroatoms. The molecule has 1 heterocycles. The van der Waals surface area contributed by atoms with Gasteiger partial charge < -0.3 is 19.7 Å². The minimum Gasteiger partial charge on any atom is -0.497 e. The van der Waals surface area contributed by atoms with Crippen LogP contribution < -0.4 is 14.8 Å². The summed E-state index contributed by atoms with van der Waals surface area (Å²) in [6, 6.07) is 5.00. The molecule has 0 unspecified atom stereocenters. The predicted octanol–water partition coefficient (Wildman–Crippen LogP) is 3.21. The van der Waals surface area contributed by atoms with Gasteiger partial charge in [0.15, 0.2) is 5.13 Å². The van der Waals surface area contributed by atoms with Crippen LogP contribution in [0.15, 0.2) is 24.4 Å². The van der Waals surface area contributed by atoms with Crippen LogP contribution in [0.2, 0.25) is 0 Å². The van der Waals surface area contributed by atoms with Crippen molar-refractivity contribution in [3.05, 3.63) is 34.8 Å². The summed E-state index contributed by atoms with van der Waals surface area (Å²) in [6.07, 6.45) is 1.69. The summed E-state index contributed by atoms with van der Waals surface area (Å²) < 4.78 is 10.5. The number of amides is 2. The lowest BCUT2D eigenvalue weighted by atomic mass is 10.1. The number of hydrogen-bond donors (Lipinski definition) is 1. The molecule has 0 atom stereocenters. The minimum absolute atomic E-state index is 0.0647. The maximum Gasteiger partial charge on any atom is 0.258 e. The summed E-state index contributed by atoms with van der Waals surface area (Å²) >= 11 is 1.39. The average molecular weight is 391 g/mol. The van der Waals surface area contributed by atoms with Crippen molar-refractivity contribution in [2.45, 2.75) is 20.8 Å². The number of nitrogens with one attached hydrogen (secondary N) is 1. The lowest BCUT2D eigenvalue weighted by Crippen LogP contribution is -2.40. The summed E-state index contributed by atoms with van der Waals surface area (Å²) in [5.41, 5.74) is 0.386. The summed E-state index contributed by atoms with van der Waals surface area (Å²) in [5, 5.41) is 3.27. The van der Waals surface area contributed by atoms with Crippen LogP contribution in [0.25, 0.3) is 0 Å². The highest BCUT2D eigenvalue weighted by Crippen LogP contribution is 2.26. The van der Waals surface area contributed by atoms with E-state index in [0.29, 0.717) is 28.7 Å². The third kappa shape index (κ3) is 5.68. The maximum atomic E-state index is 13.1. The number of thiazole rings is 1. The van der Waals surface area contributed by atoms with Gasteiger partial charge in [0, 0.05) is 23.7 Å². The second-order valence-electron chi connectivity index (χ2n) is 6.47. The van der Waals surface area contributed by atoms with Crippen LogP contribution in [0.1, 0.15) is 29.1 Å². The molecule has 0 aliphatic rings. The summed E-state index contributed by atoms with van der Waals surface area (Å²) in [6.45, 7) is 6.28. The second-order valence-corrected chi connectivity index (χ2v) is 7.70. The van der Waals surface area contributed by atoms with Crippen molar-refractivity contribution in [2.75, 3.05) is 32.6 Å². The first-order valence-corrected chi connectivity index (χ1v) is 9.39. The molecule has 0 saturated heterocycles. The number of carbonyl (C=O) groups is 2. The summed E-state index contributed by atoms with van der Waals surface area (Å²) in [7, 11) is 3.04. The van der Waals surface area contributed by atoms with Gasteiger partial charge in [0.25, 0.3) is 5.91 Å². The van der Waals surface area contributed by atoms with Crippen molar-refractivity contribution in [3.8, 4) is 11.5 Å². The quantitative estimate of drug-likeness (QED) is 0.747. The Morgan fingerprint density at radius 1 is 1.26 bits per heavy atom. The second kappa shape index (κ2) is 9.36. The Morgan fingerprint density at radius 3 is 2.56 bits per heavy atom. The molecular weight excluding hydrogens is 366 g/mol. The van der Waals surface area contributed by atoms with E-state index in [9.17, 15) is 9.59 Å². The van der Waals surface area contributed by atoms with Crippen LogP contribution in [0.3, 0.4) is 0 Å². The van der Waals surface area contributed by atoms with Crippen molar-refractivity contribution < 1.29 is 19.1 Å². The monoisotopic (exact) mass is 391 g/mol. The molecule has 0 fully saturated rings. The number of methoxy groups -OCH3 is 2. The predicted molar refractivity (Wildman–Crippen MR) is 106 cm³/mol. The fourth-order valence-corrected chi connectivity index (χ4v) is 3.23. The Hall–Kier alpha value is -2.61. The largest absolute Gasteiger partial charge is 0.497 e. The van der Waals surface area contributed by atoms with Crippen LogP contribution in [-0.4, -0.2) is 49.0 Å². The highest BCUT2D eigenvalue weighted by Gasteiger charge is 2.23. The highest BCUT2D eigenvalue weighted by molar-refractivity contribution is 7.15. The summed E-state index contributed by atoms with van der Waals surface area (Å²) in [5.74, 6) is 0.646. The van der Waals surface area contributed by atoms with Crippen molar-refractivity contribution in [1.82, 2.24) is 9.88 Å². The first kappa shape index (κ1) is 20.7. The number of aryl methyl sites for hydroxylation is 1. The first-order chi connectivity index (χ1) is 12.8. The van der Waals surface area contributed by atoms with E-state index >= 15 is 0 Å². The number of aromatic nitrogens is 1. The van der Waals surface area contributed by atoms with Gasteiger partial charge >= 0.3 is 0 Å². The van der Waals surface area contributed by atoms with Gasteiger partial charge in [-0.05, 0) is 25.0 Å². The molecule has 0 spiro atoms. The molecule has 146 valence electrons. The molecule has 2 aromatic rings. The van der Waals surface area contributed by atoms with E-state index in [2.05, 4.69) is 10.3 Å². The third-order valence-corrected chi connectivity index (χ3v) is 4.54. The van der Waals surface area contributed by atoms with Gasteiger partial charge in [0.05, 0.1) is 19.8 Å². The fourth-order valence-electron chi connectivity index (χ4n) is 2.55. The Balaban J connectivity index is 2.19. The van der Waals surface area contributed by atoms with Gasteiger partial charge in [-0.3, -0.25) is 9.59 Å². The maximum absolute atomic E-state index is 13.1. The summed E-state index contributed by atoms with van der Waals surface area (Å²) in [4.78, 5) is 32.1. The third-order valence-electron chi connectivity index (χ3n) is 3.71. The van der Waals surface area contributed by atoms with E-state index in [0.717, 1.165) is 4.88 Å². The van der Waals surface area contributed by atoms with E-state index in [1.54, 1.807) is 31.5 Å². The van der Waals surface area contributed by atoms with Gasteiger partial charge in [0.2, 0.25) is 5.91 Å². The molecule has 0 radical (unpaired) electrons.